The summed E-state index contributed by atoms with van der Waals surface area (Å²) in [7, 11) is -4.44. The molecule has 1 aromatic heterocycles. The van der Waals surface area contributed by atoms with Gasteiger partial charge in [-0.3, -0.25) is 0 Å². The van der Waals surface area contributed by atoms with Crippen molar-refractivity contribution in [2.45, 2.75) is 13.3 Å². The largest absolute Gasteiger partial charge is 0.461 e. The van der Waals surface area contributed by atoms with Crippen LogP contribution in [0.1, 0.15) is 11.3 Å². The number of hydrogen-bond donors (Lipinski definition) is 0. The summed E-state index contributed by atoms with van der Waals surface area (Å²) in [5, 5.41) is 0. The van der Waals surface area contributed by atoms with Crippen molar-refractivity contribution < 1.29 is 16.7 Å². The highest BCUT2D eigenvalue weighted by molar-refractivity contribution is 7.86. The molecule has 0 saturated heterocycles. The van der Waals surface area contributed by atoms with Crippen molar-refractivity contribution in [2.75, 3.05) is 5.75 Å². The Kier molecular flexibility index (Phi) is 3.52. The fraction of sp³-hybridized carbons (Fsp3) is 0.231. The quantitative estimate of drug-likeness (QED) is 0.800. The Morgan fingerprint density at radius 2 is 1.78 bits per heavy atom. The molecule has 3 nitrogen and oxygen atoms in total. The van der Waals surface area contributed by atoms with E-state index in [0.717, 1.165) is 11.1 Å². The molecular weight excluding hydrogens is 255 g/mol. The number of rotatable bonds is 4. The van der Waals surface area contributed by atoms with Crippen LogP contribution in [-0.2, 0) is 16.6 Å². The van der Waals surface area contributed by atoms with Crippen molar-refractivity contribution in [2.24, 2.45) is 0 Å². The van der Waals surface area contributed by atoms with Crippen LogP contribution >= 0.6 is 0 Å². The summed E-state index contributed by atoms with van der Waals surface area (Å²) in [6.07, 6.45) is 0.0463. The third-order valence-corrected chi connectivity index (χ3v) is 3.28. The Bertz CT molecular complexity index is 627. The minimum absolute atomic E-state index is 0.0463. The molecule has 5 heteroatoms. The molecule has 2 rings (SSSR count). The average molecular weight is 268 g/mol. The van der Waals surface area contributed by atoms with E-state index in [-0.39, 0.29) is 6.42 Å². The van der Waals surface area contributed by atoms with E-state index in [1.807, 2.05) is 31.2 Å². The van der Waals surface area contributed by atoms with Crippen LogP contribution < -0.4 is 0 Å². The van der Waals surface area contributed by atoms with E-state index in [2.05, 4.69) is 0 Å². The first-order chi connectivity index (χ1) is 8.44. The second kappa shape index (κ2) is 4.94. The Hall–Kier alpha value is -1.62. The standard InChI is InChI=1S/C13H13FO3S/c1-10-2-4-11(5-3-10)13-7-6-12(17-13)8-9-18(14,15)16/h2-7H,8-9H2,1H3. The van der Waals surface area contributed by atoms with Crippen molar-refractivity contribution in [1.29, 1.82) is 0 Å². The van der Waals surface area contributed by atoms with Crippen LogP contribution in [-0.4, -0.2) is 14.2 Å². The van der Waals surface area contributed by atoms with E-state index in [0.29, 0.717) is 11.5 Å². The van der Waals surface area contributed by atoms with Gasteiger partial charge >= 0.3 is 10.2 Å². The van der Waals surface area contributed by atoms with Crippen LogP contribution in [0, 0.1) is 6.92 Å². The third kappa shape index (κ3) is 3.43. The van der Waals surface area contributed by atoms with Gasteiger partial charge in [0.05, 0.1) is 5.75 Å². The molecule has 0 fully saturated rings. The first-order valence-electron chi connectivity index (χ1n) is 5.52. The molecule has 2 aromatic rings. The lowest BCUT2D eigenvalue weighted by atomic mass is 10.1. The van der Waals surface area contributed by atoms with Crippen LogP contribution in [0.3, 0.4) is 0 Å². The Morgan fingerprint density at radius 1 is 1.11 bits per heavy atom. The van der Waals surface area contributed by atoms with Gasteiger partial charge < -0.3 is 4.42 Å². The summed E-state index contributed by atoms with van der Waals surface area (Å²) in [5.41, 5.74) is 2.06. The van der Waals surface area contributed by atoms with Gasteiger partial charge in [-0.05, 0) is 19.1 Å². The number of aryl methyl sites for hydroxylation is 2. The lowest BCUT2D eigenvalue weighted by molar-refractivity contribution is 0.518. The van der Waals surface area contributed by atoms with Gasteiger partial charge in [0.15, 0.2) is 0 Å². The molecule has 0 aliphatic rings. The number of furan rings is 1. The summed E-state index contributed by atoms with van der Waals surface area (Å²) in [6.45, 7) is 1.99. The van der Waals surface area contributed by atoms with E-state index < -0.39 is 16.0 Å². The molecule has 0 bridgehead atoms. The molecule has 0 atom stereocenters. The predicted octanol–water partition coefficient (Wildman–Crippen LogP) is 3.10. The zero-order valence-electron chi connectivity index (χ0n) is 9.89. The first kappa shape index (κ1) is 12.8. The molecule has 0 radical (unpaired) electrons. The van der Waals surface area contributed by atoms with E-state index in [1.54, 1.807) is 12.1 Å². The number of hydrogen-bond acceptors (Lipinski definition) is 3. The highest BCUT2D eigenvalue weighted by Crippen LogP contribution is 2.22. The van der Waals surface area contributed by atoms with Gasteiger partial charge in [-0.15, -0.1) is 3.89 Å². The average Bonchev–Trinajstić information content (AvgIpc) is 2.75. The highest BCUT2D eigenvalue weighted by atomic mass is 32.3. The van der Waals surface area contributed by atoms with E-state index in [4.69, 9.17) is 4.42 Å². The van der Waals surface area contributed by atoms with Gasteiger partial charge in [-0.2, -0.15) is 8.42 Å². The van der Waals surface area contributed by atoms with Crippen molar-refractivity contribution in [3.63, 3.8) is 0 Å². The molecule has 96 valence electrons. The summed E-state index contributed by atoms with van der Waals surface area (Å²) < 4.78 is 38.7. The molecule has 0 unspecified atom stereocenters. The molecule has 1 heterocycles. The zero-order chi connectivity index (χ0) is 13.2. The molecule has 18 heavy (non-hydrogen) atoms. The maximum atomic E-state index is 12.4. The fourth-order valence-electron chi connectivity index (χ4n) is 1.61. The maximum absolute atomic E-state index is 12.4. The van der Waals surface area contributed by atoms with Gasteiger partial charge in [0.1, 0.15) is 11.5 Å². The lowest BCUT2D eigenvalue weighted by Crippen LogP contribution is -2.00. The third-order valence-electron chi connectivity index (χ3n) is 2.59. The molecule has 0 amide bonds. The van der Waals surface area contributed by atoms with Crippen molar-refractivity contribution >= 4 is 10.2 Å². The SMILES string of the molecule is Cc1ccc(-c2ccc(CCS(=O)(=O)F)o2)cc1. The minimum atomic E-state index is -4.44. The van der Waals surface area contributed by atoms with E-state index >= 15 is 0 Å². The Balaban J connectivity index is 2.13. The van der Waals surface area contributed by atoms with Crippen LogP contribution in [0.2, 0.25) is 0 Å². The van der Waals surface area contributed by atoms with Gasteiger partial charge in [-0.25, -0.2) is 0 Å². The minimum Gasteiger partial charge on any atom is -0.461 e. The van der Waals surface area contributed by atoms with Crippen LogP contribution in [0.25, 0.3) is 11.3 Å². The van der Waals surface area contributed by atoms with Gasteiger partial charge in [-0.1, -0.05) is 29.8 Å². The summed E-state index contributed by atoms with van der Waals surface area (Å²) in [5.74, 6) is 0.571. The normalized spacial score (nSPS) is 11.7. The molecule has 0 aliphatic carbocycles. The van der Waals surface area contributed by atoms with Gasteiger partial charge in [0.25, 0.3) is 0 Å². The van der Waals surface area contributed by atoms with Crippen LogP contribution in [0.4, 0.5) is 3.89 Å². The Labute approximate surface area is 105 Å². The zero-order valence-corrected chi connectivity index (χ0v) is 10.7. The maximum Gasteiger partial charge on any atom is 0.302 e. The smallest absolute Gasteiger partial charge is 0.302 e. The fourth-order valence-corrected chi connectivity index (χ4v) is 2.05. The first-order valence-corrected chi connectivity index (χ1v) is 7.07. The van der Waals surface area contributed by atoms with E-state index in [1.165, 1.54) is 0 Å². The highest BCUT2D eigenvalue weighted by Gasteiger charge is 2.10. The van der Waals surface area contributed by atoms with E-state index in [9.17, 15) is 12.3 Å². The summed E-state index contributed by atoms with van der Waals surface area (Å²) in [6, 6.07) is 11.2. The molecule has 0 aliphatic heterocycles. The van der Waals surface area contributed by atoms with Crippen molar-refractivity contribution in [3.8, 4) is 11.3 Å². The summed E-state index contributed by atoms with van der Waals surface area (Å²) >= 11 is 0. The van der Waals surface area contributed by atoms with Crippen molar-refractivity contribution in [1.82, 2.24) is 0 Å². The topological polar surface area (TPSA) is 47.3 Å². The summed E-state index contributed by atoms with van der Waals surface area (Å²) in [4.78, 5) is 0. The van der Waals surface area contributed by atoms with Gasteiger partial charge in [0.2, 0.25) is 0 Å². The number of benzene rings is 1. The molecule has 1 aromatic carbocycles. The molecular formula is C13H13FO3S. The second-order valence-corrected chi connectivity index (χ2v) is 5.61. The molecule has 0 N–H and O–H groups in total. The second-order valence-electron chi connectivity index (χ2n) is 4.12. The van der Waals surface area contributed by atoms with Crippen molar-refractivity contribution in [3.05, 3.63) is 47.7 Å². The predicted molar refractivity (Wildman–Crippen MR) is 67.5 cm³/mol. The molecule has 0 saturated carbocycles. The van der Waals surface area contributed by atoms with Crippen LogP contribution in [0.5, 0.6) is 0 Å². The number of halogens is 1. The van der Waals surface area contributed by atoms with Crippen LogP contribution in [0.15, 0.2) is 40.8 Å². The monoisotopic (exact) mass is 268 g/mol. The Morgan fingerprint density at radius 3 is 2.39 bits per heavy atom. The molecule has 0 spiro atoms. The van der Waals surface area contributed by atoms with Gasteiger partial charge in [0, 0.05) is 12.0 Å². The lowest BCUT2D eigenvalue weighted by Gasteiger charge is -1.98.